The second-order valence-electron chi connectivity index (χ2n) is 6.31. The first-order chi connectivity index (χ1) is 12.6. The van der Waals surface area contributed by atoms with Gasteiger partial charge in [-0.25, -0.2) is 0 Å². The van der Waals surface area contributed by atoms with Gasteiger partial charge in [0.2, 0.25) is 0 Å². The lowest BCUT2D eigenvalue weighted by Gasteiger charge is -2.29. The molecule has 6 heteroatoms. The Morgan fingerprint density at radius 1 is 1.15 bits per heavy atom. The van der Waals surface area contributed by atoms with Crippen LogP contribution < -0.4 is 10.1 Å². The summed E-state index contributed by atoms with van der Waals surface area (Å²) in [7, 11) is 1.67. The Morgan fingerprint density at radius 3 is 2.62 bits per heavy atom. The molecule has 1 N–H and O–H groups in total. The molecule has 0 aromatic heterocycles. The van der Waals surface area contributed by atoms with Gasteiger partial charge in [0.25, 0.3) is 5.91 Å². The van der Waals surface area contributed by atoms with Crippen LogP contribution in [0.25, 0.3) is 0 Å². The average molecular weight is 393 g/mol. The highest BCUT2D eigenvalue weighted by atomic mass is 35.5. The smallest absolute Gasteiger partial charge is 0.252 e. The molecule has 0 bridgehead atoms. The van der Waals surface area contributed by atoms with Crippen molar-refractivity contribution < 1.29 is 9.53 Å². The molecule has 1 fully saturated rings. The van der Waals surface area contributed by atoms with E-state index in [1.165, 1.54) is 12.8 Å². The zero-order valence-electron chi connectivity index (χ0n) is 14.7. The highest BCUT2D eigenvalue weighted by Gasteiger charge is 2.26. The zero-order chi connectivity index (χ0) is 18.5. The van der Waals surface area contributed by atoms with Gasteiger partial charge in [-0.05, 0) is 44.1 Å². The molecule has 4 nitrogen and oxygen atoms in total. The van der Waals surface area contributed by atoms with Crippen LogP contribution in [0, 0.1) is 0 Å². The number of likely N-dealkylation sites (tertiary alicyclic amines) is 1. The molecule has 1 saturated heterocycles. The minimum atomic E-state index is -0.225. The fourth-order valence-electron chi connectivity index (χ4n) is 3.39. The predicted octanol–water partition coefficient (Wildman–Crippen LogP) is 4.57. The van der Waals surface area contributed by atoms with Crippen LogP contribution in [0.2, 0.25) is 10.0 Å². The number of benzene rings is 2. The van der Waals surface area contributed by atoms with Crippen LogP contribution in [0.3, 0.4) is 0 Å². The maximum Gasteiger partial charge on any atom is 0.252 e. The van der Waals surface area contributed by atoms with Crippen molar-refractivity contribution in [3.8, 4) is 5.75 Å². The lowest BCUT2D eigenvalue weighted by molar-refractivity contribution is 0.0937. The van der Waals surface area contributed by atoms with Gasteiger partial charge >= 0.3 is 0 Å². The molecular weight excluding hydrogens is 371 g/mol. The Kier molecular flexibility index (Phi) is 6.41. The van der Waals surface area contributed by atoms with Crippen molar-refractivity contribution >= 4 is 29.1 Å². The minimum Gasteiger partial charge on any atom is -0.496 e. The highest BCUT2D eigenvalue weighted by molar-refractivity contribution is 6.43. The first-order valence-electron chi connectivity index (χ1n) is 8.71. The lowest BCUT2D eigenvalue weighted by Crippen LogP contribution is -2.37. The van der Waals surface area contributed by atoms with Crippen LogP contribution in [0.4, 0.5) is 0 Å². The minimum absolute atomic E-state index is 0.0514. The first kappa shape index (κ1) is 19.0. The molecule has 2 aromatic carbocycles. The SMILES string of the molecule is COc1ccccc1[C@H](CNC(=O)c1cccc(Cl)c1Cl)N1CCCC1. The van der Waals surface area contributed by atoms with E-state index in [4.69, 9.17) is 27.9 Å². The van der Waals surface area contributed by atoms with Gasteiger partial charge in [-0.1, -0.05) is 47.5 Å². The average Bonchev–Trinajstić information content (AvgIpc) is 3.19. The van der Waals surface area contributed by atoms with E-state index in [2.05, 4.69) is 16.3 Å². The molecule has 1 atom stereocenters. The molecule has 1 heterocycles. The number of ether oxygens (including phenoxy) is 1. The molecule has 1 aliphatic heterocycles. The number of amides is 1. The van der Waals surface area contributed by atoms with Crippen molar-refractivity contribution in [1.29, 1.82) is 0 Å². The standard InChI is InChI=1S/C20H22Cl2N2O2/c1-26-18-10-3-2-7-14(18)17(24-11-4-5-12-24)13-23-20(25)15-8-6-9-16(21)19(15)22/h2-3,6-10,17H,4-5,11-13H2,1H3,(H,23,25)/t17-/m0/s1. The van der Waals surface area contributed by atoms with E-state index in [0.717, 1.165) is 24.4 Å². The molecule has 0 saturated carbocycles. The lowest BCUT2D eigenvalue weighted by atomic mass is 10.0. The number of nitrogens with zero attached hydrogens (tertiary/aromatic N) is 1. The molecule has 0 spiro atoms. The first-order valence-corrected chi connectivity index (χ1v) is 9.46. The molecule has 0 aliphatic carbocycles. The van der Waals surface area contributed by atoms with Gasteiger partial charge in [0.05, 0.1) is 28.8 Å². The number of methoxy groups -OCH3 is 1. The van der Waals surface area contributed by atoms with Crippen LogP contribution >= 0.6 is 23.2 Å². The van der Waals surface area contributed by atoms with Gasteiger partial charge < -0.3 is 10.1 Å². The van der Waals surface area contributed by atoms with Crippen LogP contribution in [0.5, 0.6) is 5.75 Å². The monoisotopic (exact) mass is 392 g/mol. The quantitative estimate of drug-likeness (QED) is 0.782. The summed E-state index contributed by atoms with van der Waals surface area (Å²) < 4.78 is 5.53. The van der Waals surface area contributed by atoms with Crippen molar-refractivity contribution in [2.24, 2.45) is 0 Å². The maximum atomic E-state index is 12.6. The van der Waals surface area contributed by atoms with E-state index in [1.54, 1.807) is 25.3 Å². The number of nitrogens with one attached hydrogen (secondary N) is 1. The molecule has 0 unspecified atom stereocenters. The van der Waals surface area contributed by atoms with E-state index in [1.807, 2.05) is 18.2 Å². The summed E-state index contributed by atoms with van der Waals surface area (Å²) in [5, 5.41) is 3.67. The van der Waals surface area contributed by atoms with Gasteiger partial charge in [0, 0.05) is 12.1 Å². The number of para-hydroxylation sites is 1. The molecule has 3 rings (SSSR count). The Bertz CT molecular complexity index is 776. The zero-order valence-corrected chi connectivity index (χ0v) is 16.2. The summed E-state index contributed by atoms with van der Waals surface area (Å²) in [5.74, 6) is 0.607. The fraction of sp³-hybridized carbons (Fsp3) is 0.350. The largest absolute Gasteiger partial charge is 0.496 e. The van der Waals surface area contributed by atoms with Gasteiger partial charge in [-0.3, -0.25) is 9.69 Å². The highest BCUT2D eigenvalue weighted by Crippen LogP contribution is 2.31. The Labute approximate surface area is 164 Å². The van der Waals surface area contributed by atoms with Crippen LogP contribution in [0.15, 0.2) is 42.5 Å². The van der Waals surface area contributed by atoms with Crippen molar-refractivity contribution in [2.75, 3.05) is 26.7 Å². The predicted molar refractivity (Wildman–Crippen MR) is 105 cm³/mol. The normalized spacial score (nSPS) is 15.7. The molecule has 2 aromatic rings. The van der Waals surface area contributed by atoms with E-state index in [9.17, 15) is 4.79 Å². The van der Waals surface area contributed by atoms with Gasteiger partial charge in [-0.15, -0.1) is 0 Å². The van der Waals surface area contributed by atoms with E-state index >= 15 is 0 Å². The summed E-state index contributed by atoms with van der Waals surface area (Å²) >= 11 is 12.2. The van der Waals surface area contributed by atoms with Crippen molar-refractivity contribution in [1.82, 2.24) is 10.2 Å². The summed E-state index contributed by atoms with van der Waals surface area (Å²) in [6.07, 6.45) is 2.33. The molecule has 138 valence electrons. The summed E-state index contributed by atoms with van der Waals surface area (Å²) in [6.45, 7) is 2.50. The van der Waals surface area contributed by atoms with E-state index in [-0.39, 0.29) is 17.0 Å². The number of hydrogen-bond acceptors (Lipinski definition) is 3. The van der Waals surface area contributed by atoms with Gasteiger partial charge in [0.15, 0.2) is 0 Å². The second-order valence-corrected chi connectivity index (χ2v) is 7.10. The van der Waals surface area contributed by atoms with Crippen molar-refractivity contribution in [3.63, 3.8) is 0 Å². The number of halogens is 2. The van der Waals surface area contributed by atoms with E-state index in [0.29, 0.717) is 17.1 Å². The van der Waals surface area contributed by atoms with Gasteiger partial charge in [0.1, 0.15) is 5.75 Å². The van der Waals surface area contributed by atoms with Crippen LogP contribution in [0.1, 0.15) is 34.8 Å². The topological polar surface area (TPSA) is 41.6 Å². The number of carbonyl (C=O) groups is 1. The fourth-order valence-corrected chi connectivity index (χ4v) is 3.78. The summed E-state index contributed by atoms with van der Waals surface area (Å²) in [4.78, 5) is 15.0. The van der Waals surface area contributed by atoms with Crippen LogP contribution in [-0.2, 0) is 0 Å². The maximum absolute atomic E-state index is 12.6. The molecule has 26 heavy (non-hydrogen) atoms. The Hall–Kier alpha value is -1.75. The Morgan fingerprint density at radius 2 is 1.88 bits per heavy atom. The Balaban J connectivity index is 1.80. The molecule has 1 aliphatic rings. The summed E-state index contributed by atoms with van der Waals surface area (Å²) in [5.41, 5.74) is 1.47. The molecule has 0 radical (unpaired) electrons. The third-order valence-corrected chi connectivity index (χ3v) is 5.55. The van der Waals surface area contributed by atoms with Crippen molar-refractivity contribution in [2.45, 2.75) is 18.9 Å². The third-order valence-electron chi connectivity index (χ3n) is 4.73. The number of carbonyl (C=O) groups excluding carboxylic acids is 1. The van der Waals surface area contributed by atoms with E-state index < -0.39 is 0 Å². The van der Waals surface area contributed by atoms with Crippen LogP contribution in [-0.4, -0.2) is 37.6 Å². The third kappa shape index (κ3) is 4.14. The molecular formula is C20H22Cl2N2O2. The number of rotatable bonds is 6. The van der Waals surface area contributed by atoms with Gasteiger partial charge in [-0.2, -0.15) is 0 Å². The van der Waals surface area contributed by atoms with Crippen molar-refractivity contribution in [3.05, 3.63) is 63.6 Å². The summed E-state index contributed by atoms with van der Waals surface area (Å²) in [6, 6.07) is 13.1. The number of hydrogen-bond donors (Lipinski definition) is 1. The molecule has 1 amide bonds. The second kappa shape index (κ2) is 8.76.